The van der Waals surface area contributed by atoms with E-state index in [0.29, 0.717) is 16.7 Å². The van der Waals surface area contributed by atoms with Crippen molar-refractivity contribution >= 4 is 49.1 Å². The minimum absolute atomic E-state index is 0.00389. The summed E-state index contributed by atoms with van der Waals surface area (Å²) in [5.74, 6) is -0.00389. The van der Waals surface area contributed by atoms with Gasteiger partial charge in [-0.05, 0) is 34.8 Å². The van der Waals surface area contributed by atoms with Crippen LogP contribution < -0.4 is 4.90 Å². The van der Waals surface area contributed by atoms with E-state index in [2.05, 4.69) is 31.9 Å². The normalized spacial score (nSPS) is 20.0. The van der Waals surface area contributed by atoms with Crippen LogP contribution in [-0.2, 0) is 4.79 Å². The van der Waals surface area contributed by atoms with Crippen LogP contribution >= 0.6 is 31.9 Å². The van der Waals surface area contributed by atoms with Crippen LogP contribution in [-0.4, -0.2) is 22.2 Å². The molecule has 0 aliphatic carbocycles. The number of nitrogens with zero attached hydrogens (tertiary/aromatic N) is 2. The molecular formula is C11H10Br2N2O3. The van der Waals surface area contributed by atoms with E-state index in [1.54, 1.807) is 11.0 Å². The number of nitro groups is 1. The van der Waals surface area contributed by atoms with Crippen molar-refractivity contribution in [2.75, 3.05) is 11.4 Å². The van der Waals surface area contributed by atoms with E-state index in [9.17, 15) is 14.9 Å². The maximum atomic E-state index is 12.0. The molecule has 1 atom stereocenters. The third-order valence-electron chi connectivity index (χ3n) is 2.81. The van der Waals surface area contributed by atoms with Gasteiger partial charge < -0.3 is 4.90 Å². The molecule has 1 amide bonds. The maximum Gasteiger partial charge on any atom is 0.270 e. The number of alkyl halides is 1. The third-order valence-corrected chi connectivity index (χ3v) is 4.29. The van der Waals surface area contributed by atoms with Crippen LogP contribution in [0.2, 0.25) is 0 Å². The number of amides is 1. The van der Waals surface area contributed by atoms with Gasteiger partial charge in [0.05, 0.1) is 15.4 Å². The van der Waals surface area contributed by atoms with Gasteiger partial charge in [0.2, 0.25) is 5.91 Å². The Bertz CT molecular complexity index is 507. The van der Waals surface area contributed by atoms with Gasteiger partial charge in [0, 0.05) is 23.2 Å². The first-order valence-corrected chi connectivity index (χ1v) is 7.11. The molecule has 0 bridgehead atoms. The quantitative estimate of drug-likeness (QED) is 0.451. The number of hydrogen-bond acceptors (Lipinski definition) is 3. The minimum Gasteiger partial charge on any atom is -0.310 e. The zero-order chi connectivity index (χ0) is 13.3. The zero-order valence-electron chi connectivity index (χ0n) is 9.31. The summed E-state index contributed by atoms with van der Waals surface area (Å²) in [6, 6.07) is 4.43. The summed E-state index contributed by atoms with van der Waals surface area (Å²) in [7, 11) is 0. The fraction of sp³-hybridized carbons (Fsp3) is 0.364. The fourth-order valence-electron chi connectivity index (χ4n) is 1.90. The summed E-state index contributed by atoms with van der Waals surface area (Å²) >= 11 is 6.62. The molecule has 1 fully saturated rings. The molecule has 0 radical (unpaired) electrons. The van der Waals surface area contributed by atoms with E-state index in [4.69, 9.17) is 0 Å². The topological polar surface area (TPSA) is 63.5 Å². The summed E-state index contributed by atoms with van der Waals surface area (Å²) in [6.07, 6.45) is 1.73. The Balaban J connectivity index is 2.33. The second kappa shape index (κ2) is 5.36. The zero-order valence-corrected chi connectivity index (χ0v) is 12.5. The Hall–Kier alpha value is -0.950. The second-order valence-corrected chi connectivity index (χ2v) is 5.95. The summed E-state index contributed by atoms with van der Waals surface area (Å²) in [4.78, 5) is 23.7. The molecule has 1 aliphatic rings. The molecular weight excluding hydrogens is 368 g/mol. The Morgan fingerprint density at radius 2 is 2.17 bits per heavy atom. The largest absolute Gasteiger partial charge is 0.310 e. The van der Waals surface area contributed by atoms with Gasteiger partial charge in [-0.1, -0.05) is 15.9 Å². The number of benzene rings is 1. The number of anilines is 1. The molecule has 18 heavy (non-hydrogen) atoms. The van der Waals surface area contributed by atoms with Crippen LogP contribution in [0.4, 0.5) is 11.4 Å². The summed E-state index contributed by atoms with van der Waals surface area (Å²) < 4.78 is 0.562. The first kappa shape index (κ1) is 13.5. The van der Waals surface area contributed by atoms with Crippen molar-refractivity contribution < 1.29 is 9.72 Å². The van der Waals surface area contributed by atoms with E-state index in [1.165, 1.54) is 12.1 Å². The first-order valence-electron chi connectivity index (χ1n) is 5.40. The highest BCUT2D eigenvalue weighted by Crippen LogP contribution is 2.33. The molecule has 1 aromatic rings. The predicted octanol–water partition coefficient (Wildman–Crippen LogP) is 3.25. The van der Waals surface area contributed by atoms with Gasteiger partial charge in [-0.15, -0.1) is 0 Å². The lowest BCUT2D eigenvalue weighted by atomic mass is 10.1. The number of carbonyl (C=O) groups is 1. The smallest absolute Gasteiger partial charge is 0.270 e. The molecule has 1 heterocycles. The molecule has 96 valence electrons. The molecule has 1 unspecified atom stereocenters. The van der Waals surface area contributed by atoms with Gasteiger partial charge in [-0.25, -0.2) is 0 Å². The molecule has 2 rings (SSSR count). The Kier molecular flexibility index (Phi) is 4.01. The highest BCUT2D eigenvalue weighted by molar-refractivity contribution is 9.10. The number of piperidine rings is 1. The van der Waals surface area contributed by atoms with Crippen molar-refractivity contribution in [1.29, 1.82) is 0 Å². The molecule has 1 saturated heterocycles. The highest BCUT2D eigenvalue weighted by Gasteiger charge is 2.29. The average Bonchev–Trinajstić information content (AvgIpc) is 2.33. The molecule has 0 aromatic heterocycles. The van der Waals surface area contributed by atoms with Crippen LogP contribution in [0.5, 0.6) is 0 Å². The predicted molar refractivity (Wildman–Crippen MR) is 75.1 cm³/mol. The van der Waals surface area contributed by atoms with Crippen LogP contribution in [0.15, 0.2) is 22.7 Å². The summed E-state index contributed by atoms with van der Waals surface area (Å²) in [6.45, 7) is 0.636. The minimum atomic E-state index is -0.458. The number of nitro benzene ring substituents is 1. The van der Waals surface area contributed by atoms with Crippen molar-refractivity contribution in [3.05, 3.63) is 32.8 Å². The van der Waals surface area contributed by atoms with Crippen LogP contribution in [0.3, 0.4) is 0 Å². The van der Waals surface area contributed by atoms with Gasteiger partial charge in [0.1, 0.15) is 0 Å². The van der Waals surface area contributed by atoms with Gasteiger partial charge in [-0.2, -0.15) is 0 Å². The molecule has 7 heteroatoms. The Labute approximate surface area is 121 Å². The van der Waals surface area contributed by atoms with Gasteiger partial charge in [-0.3, -0.25) is 14.9 Å². The van der Waals surface area contributed by atoms with Crippen LogP contribution in [0, 0.1) is 10.1 Å². The van der Waals surface area contributed by atoms with Crippen molar-refractivity contribution in [3.63, 3.8) is 0 Å². The lowest BCUT2D eigenvalue weighted by molar-refractivity contribution is -0.384. The molecule has 0 N–H and O–H groups in total. The monoisotopic (exact) mass is 376 g/mol. The van der Waals surface area contributed by atoms with Gasteiger partial charge in [0.15, 0.2) is 0 Å². The van der Waals surface area contributed by atoms with Crippen molar-refractivity contribution in [1.82, 2.24) is 0 Å². The summed E-state index contributed by atoms with van der Waals surface area (Å²) in [5, 5.41) is 10.7. The standard InChI is InChI=1S/C11H10Br2N2O3/c12-8-2-1-5-14(11(8)16)10-4-3-7(15(17)18)6-9(10)13/h3-4,6,8H,1-2,5H2. The SMILES string of the molecule is O=C1C(Br)CCCN1c1ccc([N+](=O)[O-])cc1Br. The van der Waals surface area contributed by atoms with E-state index in [0.717, 1.165) is 12.8 Å². The lowest BCUT2D eigenvalue weighted by Gasteiger charge is -2.30. The number of halogens is 2. The van der Waals surface area contributed by atoms with E-state index in [-0.39, 0.29) is 16.4 Å². The lowest BCUT2D eigenvalue weighted by Crippen LogP contribution is -2.41. The van der Waals surface area contributed by atoms with Crippen LogP contribution in [0.1, 0.15) is 12.8 Å². The molecule has 1 aliphatic heterocycles. The number of non-ortho nitro benzene ring substituents is 1. The highest BCUT2D eigenvalue weighted by atomic mass is 79.9. The first-order chi connectivity index (χ1) is 8.50. The number of hydrogen-bond donors (Lipinski definition) is 0. The van der Waals surface area contributed by atoms with Crippen molar-refractivity contribution in [3.8, 4) is 0 Å². The molecule has 0 saturated carbocycles. The van der Waals surface area contributed by atoms with E-state index in [1.807, 2.05) is 0 Å². The molecule has 5 nitrogen and oxygen atoms in total. The maximum absolute atomic E-state index is 12.0. The van der Waals surface area contributed by atoms with Crippen molar-refractivity contribution in [2.24, 2.45) is 0 Å². The third kappa shape index (κ3) is 2.56. The summed E-state index contributed by atoms with van der Waals surface area (Å²) in [5.41, 5.74) is 0.681. The average molecular weight is 378 g/mol. The molecule has 0 spiro atoms. The van der Waals surface area contributed by atoms with Gasteiger partial charge >= 0.3 is 0 Å². The number of rotatable bonds is 2. The van der Waals surface area contributed by atoms with E-state index < -0.39 is 4.92 Å². The number of carbonyl (C=O) groups excluding carboxylic acids is 1. The Morgan fingerprint density at radius 1 is 1.44 bits per heavy atom. The Morgan fingerprint density at radius 3 is 2.78 bits per heavy atom. The molecule has 1 aromatic carbocycles. The van der Waals surface area contributed by atoms with Crippen molar-refractivity contribution in [2.45, 2.75) is 17.7 Å². The van der Waals surface area contributed by atoms with Crippen LogP contribution in [0.25, 0.3) is 0 Å². The van der Waals surface area contributed by atoms with E-state index >= 15 is 0 Å². The second-order valence-electron chi connectivity index (χ2n) is 3.99. The van der Waals surface area contributed by atoms with Gasteiger partial charge in [0.25, 0.3) is 5.69 Å². The fourth-order valence-corrected chi connectivity index (χ4v) is 3.05.